The van der Waals surface area contributed by atoms with Gasteiger partial charge in [0.05, 0.1) is 0 Å². The smallest absolute Gasteiger partial charge is 0.0226 e. The SMILES string of the molecule is Cc1ccc(CNCC(C)CCCl)cc1C. The van der Waals surface area contributed by atoms with E-state index in [0.29, 0.717) is 5.92 Å². The number of aryl methyl sites for hydroxylation is 2. The normalized spacial score (nSPS) is 12.8. The van der Waals surface area contributed by atoms with Gasteiger partial charge >= 0.3 is 0 Å². The summed E-state index contributed by atoms with van der Waals surface area (Å²) in [5, 5.41) is 3.47. The molecule has 0 amide bonds. The summed E-state index contributed by atoms with van der Waals surface area (Å²) >= 11 is 5.70. The number of halogens is 1. The molecular weight excluding hydrogens is 218 g/mol. The van der Waals surface area contributed by atoms with Crippen molar-refractivity contribution in [2.24, 2.45) is 5.92 Å². The Balaban J connectivity index is 2.34. The first-order chi connectivity index (χ1) is 7.63. The Labute approximate surface area is 104 Å². The van der Waals surface area contributed by atoms with Crippen LogP contribution in [0.5, 0.6) is 0 Å². The molecule has 0 aliphatic rings. The van der Waals surface area contributed by atoms with Gasteiger partial charge in [0.2, 0.25) is 0 Å². The predicted octanol–water partition coefficient (Wildman–Crippen LogP) is 3.66. The average Bonchev–Trinajstić information content (AvgIpc) is 2.24. The molecule has 16 heavy (non-hydrogen) atoms. The molecule has 1 nitrogen and oxygen atoms in total. The first-order valence-corrected chi connectivity index (χ1v) is 6.49. The van der Waals surface area contributed by atoms with E-state index in [1.165, 1.54) is 16.7 Å². The second kappa shape index (κ2) is 6.93. The lowest BCUT2D eigenvalue weighted by Crippen LogP contribution is -2.21. The minimum atomic E-state index is 0.657. The highest BCUT2D eigenvalue weighted by atomic mass is 35.5. The van der Waals surface area contributed by atoms with Crippen LogP contribution in [0.25, 0.3) is 0 Å². The molecule has 1 aromatic carbocycles. The molecule has 0 aliphatic heterocycles. The van der Waals surface area contributed by atoms with Crippen molar-refractivity contribution in [3.8, 4) is 0 Å². The van der Waals surface area contributed by atoms with Crippen molar-refractivity contribution in [3.63, 3.8) is 0 Å². The molecule has 1 unspecified atom stereocenters. The van der Waals surface area contributed by atoms with Crippen molar-refractivity contribution >= 4 is 11.6 Å². The first-order valence-electron chi connectivity index (χ1n) is 5.96. The van der Waals surface area contributed by atoms with E-state index in [-0.39, 0.29) is 0 Å². The van der Waals surface area contributed by atoms with E-state index in [9.17, 15) is 0 Å². The van der Waals surface area contributed by atoms with Gasteiger partial charge < -0.3 is 5.32 Å². The third kappa shape index (κ3) is 4.54. The van der Waals surface area contributed by atoms with Crippen LogP contribution in [0.15, 0.2) is 18.2 Å². The summed E-state index contributed by atoms with van der Waals surface area (Å²) in [5.74, 6) is 1.41. The molecule has 1 rings (SSSR count). The lowest BCUT2D eigenvalue weighted by molar-refractivity contribution is 0.502. The van der Waals surface area contributed by atoms with Gasteiger partial charge in [0, 0.05) is 12.4 Å². The number of hydrogen-bond donors (Lipinski definition) is 1. The summed E-state index contributed by atoms with van der Waals surface area (Å²) < 4.78 is 0. The van der Waals surface area contributed by atoms with Crippen molar-refractivity contribution in [1.82, 2.24) is 5.32 Å². The van der Waals surface area contributed by atoms with Gasteiger partial charge in [0.1, 0.15) is 0 Å². The second-order valence-electron chi connectivity index (χ2n) is 4.63. The van der Waals surface area contributed by atoms with Crippen LogP contribution in [0.4, 0.5) is 0 Å². The van der Waals surface area contributed by atoms with E-state index in [0.717, 1.165) is 25.4 Å². The Morgan fingerprint density at radius 3 is 2.62 bits per heavy atom. The Kier molecular flexibility index (Phi) is 5.86. The molecule has 0 saturated carbocycles. The van der Waals surface area contributed by atoms with Crippen molar-refractivity contribution in [1.29, 1.82) is 0 Å². The maximum atomic E-state index is 5.70. The molecule has 1 atom stereocenters. The minimum absolute atomic E-state index is 0.657. The molecule has 0 radical (unpaired) electrons. The van der Waals surface area contributed by atoms with Gasteiger partial charge in [-0.05, 0) is 49.4 Å². The van der Waals surface area contributed by atoms with Crippen LogP contribution < -0.4 is 5.32 Å². The molecule has 0 aromatic heterocycles. The van der Waals surface area contributed by atoms with Crippen molar-refractivity contribution in [2.75, 3.05) is 12.4 Å². The van der Waals surface area contributed by atoms with Crippen molar-refractivity contribution in [3.05, 3.63) is 34.9 Å². The molecular formula is C14H22ClN. The van der Waals surface area contributed by atoms with E-state index in [1.54, 1.807) is 0 Å². The molecule has 0 bridgehead atoms. The molecule has 0 spiro atoms. The minimum Gasteiger partial charge on any atom is -0.312 e. The Bertz CT molecular complexity index is 323. The Morgan fingerprint density at radius 2 is 2.00 bits per heavy atom. The van der Waals surface area contributed by atoms with Crippen LogP contribution >= 0.6 is 11.6 Å². The number of benzene rings is 1. The van der Waals surface area contributed by atoms with Crippen molar-refractivity contribution in [2.45, 2.75) is 33.7 Å². The average molecular weight is 240 g/mol. The molecule has 1 aromatic rings. The zero-order valence-electron chi connectivity index (χ0n) is 10.5. The van der Waals surface area contributed by atoms with Crippen LogP contribution in [0, 0.1) is 19.8 Å². The lowest BCUT2D eigenvalue weighted by atomic mass is 10.1. The number of nitrogens with one attached hydrogen (secondary N) is 1. The van der Waals surface area contributed by atoms with E-state index in [2.05, 4.69) is 44.3 Å². The summed E-state index contributed by atoms with van der Waals surface area (Å²) in [4.78, 5) is 0. The highest BCUT2D eigenvalue weighted by Gasteiger charge is 2.01. The van der Waals surface area contributed by atoms with Crippen LogP contribution in [-0.4, -0.2) is 12.4 Å². The molecule has 0 saturated heterocycles. The highest BCUT2D eigenvalue weighted by Crippen LogP contribution is 2.09. The standard InChI is InChI=1S/C14H22ClN/c1-11(6-7-15)9-16-10-14-5-4-12(2)13(3)8-14/h4-5,8,11,16H,6-7,9-10H2,1-3H3. The maximum absolute atomic E-state index is 5.70. The topological polar surface area (TPSA) is 12.0 Å². The summed E-state index contributed by atoms with van der Waals surface area (Å²) in [6.07, 6.45) is 1.08. The summed E-state index contributed by atoms with van der Waals surface area (Å²) in [6, 6.07) is 6.64. The van der Waals surface area contributed by atoms with E-state index in [1.807, 2.05) is 0 Å². The third-order valence-electron chi connectivity index (χ3n) is 3.00. The molecule has 0 fully saturated rings. The number of hydrogen-bond acceptors (Lipinski definition) is 1. The van der Waals surface area contributed by atoms with Crippen LogP contribution in [0.2, 0.25) is 0 Å². The highest BCUT2D eigenvalue weighted by molar-refractivity contribution is 6.17. The van der Waals surface area contributed by atoms with Gasteiger partial charge in [0.15, 0.2) is 0 Å². The third-order valence-corrected chi connectivity index (χ3v) is 3.21. The van der Waals surface area contributed by atoms with E-state index < -0.39 is 0 Å². The molecule has 1 N–H and O–H groups in total. The molecule has 0 heterocycles. The fourth-order valence-corrected chi connectivity index (χ4v) is 2.04. The monoisotopic (exact) mass is 239 g/mol. The number of rotatable bonds is 6. The first kappa shape index (κ1) is 13.5. The fraction of sp³-hybridized carbons (Fsp3) is 0.571. The van der Waals surface area contributed by atoms with E-state index >= 15 is 0 Å². The largest absolute Gasteiger partial charge is 0.312 e. The summed E-state index contributed by atoms with van der Waals surface area (Å²) in [7, 11) is 0. The molecule has 0 aliphatic carbocycles. The van der Waals surface area contributed by atoms with Gasteiger partial charge in [-0.1, -0.05) is 25.1 Å². The summed E-state index contributed by atoms with van der Waals surface area (Å²) in [5.41, 5.74) is 4.09. The van der Waals surface area contributed by atoms with Gasteiger partial charge in [-0.2, -0.15) is 0 Å². The fourth-order valence-electron chi connectivity index (χ4n) is 1.66. The predicted molar refractivity (Wildman–Crippen MR) is 72.1 cm³/mol. The number of alkyl halides is 1. The Hall–Kier alpha value is -0.530. The van der Waals surface area contributed by atoms with Crippen LogP contribution in [-0.2, 0) is 6.54 Å². The zero-order chi connectivity index (χ0) is 12.0. The van der Waals surface area contributed by atoms with Crippen LogP contribution in [0.1, 0.15) is 30.0 Å². The second-order valence-corrected chi connectivity index (χ2v) is 5.01. The molecule has 2 heteroatoms. The van der Waals surface area contributed by atoms with E-state index in [4.69, 9.17) is 11.6 Å². The zero-order valence-corrected chi connectivity index (χ0v) is 11.3. The Morgan fingerprint density at radius 1 is 1.25 bits per heavy atom. The van der Waals surface area contributed by atoms with Gasteiger partial charge in [0.25, 0.3) is 0 Å². The maximum Gasteiger partial charge on any atom is 0.0226 e. The summed E-state index contributed by atoms with van der Waals surface area (Å²) in [6.45, 7) is 8.53. The quantitative estimate of drug-likeness (QED) is 0.748. The van der Waals surface area contributed by atoms with Gasteiger partial charge in [-0.15, -0.1) is 11.6 Å². The van der Waals surface area contributed by atoms with Gasteiger partial charge in [-0.3, -0.25) is 0 Å². The lowest BCUT2D eigenvalue weighted by Gasteiger charge is -2.11. The molecule has 90 valence electrons. The van der Waals surface area contributed by atoms with Crippen LogP contribution in [0.3, 0.4) is 0 Å². The van der Waals surface area contributed by atoms with Gasteiger partial charge in [-0.25, -0.2) is 0 Å². The van der Waals surface area contributed by atoms with Crippen molar-refractivity contribution < 1.29 is 0 Å².